The average Bonchev–Trinajstić information content (AvgIpc) is 2.32. The third kappa shape index (κ3) is 6.87. The molecule has 0 rings (SSSR count). The molecule has 17 heavy (non-hydrogen) atoms. The van der Waals surface area contributed by atoms with E-state index in [1.807, 2.05) is 0 Å². The number of carbonyl (C=O) groups excluding carboxylic acids is 1. The Morgan fingerprint density at radius 2 is 1.59 bits per heavy atom. The molecular weight excluding hydrogens is 228 g/mol. The van der Waals surface area contributed by atoms with Crippen LogP contribution < -0.4 is 0 Å². The molecular formula is C14H30O2Si. The van der Waals surface area contributed by atoms with Crippen LogP contribution in [0.5, 0.6) is 0 Å². The third-order valence-corrected chi connectivity index (χ3v) is 8.20. The number of hydrogen-bond acceptors (Lipinski definition) is 2. The Labute approximate surface area is 108 Å². The Balaban J connectivity index is 3.91. The minimum atomic E-state index is -1.71. The van der Waals surface area contributed by atoms with Gasteiger partial charge >= 0.3 is 0 Å². The maximum absolute atomic E-state index is 11.8. The topological polar surface area (TPSA) is 26.3 Å². The number of carbonyl (C=O) groups is 1. The van der Waals surface area contributed by atoms with E-state index in [-0.39, 0.29) is 5.97 Å². The Hall–Kier alpha value is -0.313. The van der Waals surface area contributed by atoms with Crippen molar-refractivity contribution in [1.29, 1.82) is 0 Å². The van der Waals surface area contributed by atoms with E-state index in [0.717, 1.165) is 36.9 Å². The van der Waals surface area contributed by atoms with Crippen molar-refractivity contribution in [3.8, 4) is 0 Å². The van der Waals surface area contributed by atoms with Crippen LogP contribution in [0.25, 0.3) is 0 Å². The Morgan fingerprint density at radius 3 is 2.00 bits per heavy atom. The highest BCUT2D eigenvalue weighted by Gasteiger charge is 2.32. The molecule has 0 aromatic rings. The minimum absolute atomic E-state index is 0.0472. The first-order valence-corrected chi connectivity index (χ1v) is 9.74. The van der Waals surface area contributed by atoms with Crippen LogP contribution in [0.1, 0.15) is 60.3 Å². The maximum atomic E-state index is 11.8. The second-order valence-electron chi connectivity index (χ2n) is 5.36. The highest BCUT2D eigenvalue weighted by molar-refractivity contribution is 6.74. The van der Waals surface area contributed by atoms with Crippen molar-refractivity contribution < 1.29 is 9.22 Å². The van der Waals surface area contributed by atoms with E-state index in [1.54, 1.807) is 0 Å². The first kappa shape index (κ1) is 16.7. The second kappa shape index (κ2) is 8.73. The number of rotatable bonds is 9. The third-order valence-electron chi connectivity index (χ3n) is 3.68. The zero-order chi connectivity index (χ0) is 13.3. The zero-order valence-electron chi connectivity index (χ0n) is 12.3. The van der Waals surface area contributed by atoms with Crippen LogP contribution in [-0.4, -0.2) is 14.3 Å². The quantitative estimate of drug-likeness (QED) is 0.440. The monoisotopic (exact) mass is 258 g/mol. The average molecular weight is 258 g/mol. The summed E-state index contributed by atoms with van der Waals surface area (Å²) < 4.78 is 5.79. The summed E-state index contributed by atoms with van der Waals surface area (Å²) in [4.78, 5) is 11.8. The molecule has 0 amide bonds. The molecule has 0 atom stereocenters. The van der Waals surface area contributed by atoms with Crippen molar-refractivity contribution in [3.05, 3.63) is 0 Å². The summed E-state index contributed by atoms with van der Waals surface area (Å²) in [6.07, 6.45) is 3.96. The summed E-state index contributed by atoms with van der Waals surface area (Å²) in [6, 6.07) is 3.16. The van der Waals surface area contributed by atoms with Gasteiger partial charge in [-0.15, -0.1) is 0 Å². The van der Waals surface area contributed by atoms with E-state index in [0.29, 0.717) is 6.42 Å². The summed E-state index contributed by atoms with van der Waals surface area (Å²) in [5.41, 5.74) is 0. The van der Waals surface area contributed by atoms with E-state index >= 15 is 0 Å². The zero-order valence-corrected chi connectivity index (χ0v) is 13.3. The molecule has 0 aliphatic rings. The van der Waals surface area contributed by atoms with Gasteiger partial charge in [0.15, 0.2) is 0 Å². The molecule has 0 aliphatic heterocycles. The van der Waals surface area contributed by atoms with Gasteiger partial charge < -0.3 is 4.43 Å². The maximum Gasteiger partial charge on any atom is 0.292 e. The molecule has 0 aromatic carbocycles. The Morgan fingerprint density at radius 1 is 1.06 bits per heavy atom. The first-order valence-electron chi connectivity index (χ1n) is 7.21. The predicted octanol–water partition coefficient (Wildman–Crippen LogP) is 4.75. The van der Waals surface area contributed by atoms with E-state index in [2.05, 4.69) is 34.6 Å². The van der Waals surface area contributed by atoms with Crippen LogP contribution in [0.4, 0.5) is 0 Å². The van der Waals surface area contributed by atoms with Gasteiger partial charge in [-0.2, -0.15) is 0 Å². The lowest BCUT2D eigenvalue weighted by Gasteiger charge is -2.27. The van der Waals surface area contributed by atoms with Gasteiger partial charge in [0.25, 0.3) is 14.3 Å². The lowest BCUT2D eigenvalue weighted by atomic mass is 10.1. The van der Waals surface area contributed by atoms with E-state index < -0.39 is 8.32 Å². The molecule has 0 aliphatic carbocycles. The van der Waals surface area contributed by atoms with Crippen LogP contribution in [0.15, 0.2) is 0 Å². The fourth-order valence-corrected chi connectivity index (χ4v) is 4.60. The SMILES string of the molecule is CC[Si](CC)(CC)OC(=O)CCCCC(C)C. The van der Waals surface area contributed by atoms with Gasteiger partial charge in [-0.3, -0.25) is 4.79 Å². The molecule has 0 fully saturated rings. The highest BCUT2D eigenvalue weighted by Crippen LogP contribution is 2.22. The second-order valence-corrected chi connectivity index (χ2v) is 10.0. The van der Waals surface area contributed by atoms with Gasteiger partial charge in [-0.05, 0) is 30.5 Å². The van der Waals surface area contributed by atoms with Crippen molar-refractivity contribution in [2.75, 3.05) is 0 Å². The van der Waals surface area contributed by atoms with Gasteiger partial charge in [0.05, 0.1) is 0 Å². The standard InChI is InChI=1S/C14H30O2Si/c1-6-17(7-2,8-3)16-14(15)12-10-9-11-13(4)5/h13H,6-12H2,1-5H3. The normalized spacial score (nSPS) is 11.9. The number of hydrogen-bond donors (Lipinski definition) is 0. The van der Waals surface area contributed by atoms with Crippen molar-refractivity contribution in [3.63, 3.8) is 0 Å². The highest BCUT2D eigenvalue weighted by atomic mass is 28.4. The first-order chi connectivity index (χ1) is 7.99. The van der Waals surface area contributed by atoms with Gasteiger partial charge in [0.1, 0.15) is 0 Å². The molecule has 3 heteroatoms. The van der Waals surface area contributed by atoms with E-state index in [4.69, 9.17) is 4.43 Å². The lowest BCUT2D eigenvalue weighted by Crippen LogP contribution is -2.38. The Kier molecular flexibility index (Phi) is 8.57. The van der Waals surface area contributed by atoms with Crippen LogP contribution in [0.3, 0.4) is 0 Å². The molecule has 0 heterocycles. The minimum Gasteiger partial charge on any atom is -0.519 e. The fourth-order valence-electron chi connectivity index (χ4n) is 2.08. The molecule has 0 N–H and O–H groups in total. The smallest absolute Gasteiger partial charge is 0.292 e. The summed E-state index contributed by atoms with van der Waals surface area (Å²) in [5.74, 6) is 0.785. The van der Waals surface area contributed by atoms with Gasteiger partial charge in [0.2, 0.25) is 0 Å². The Bertz CT molecular complexity index is 202. The van der Waals surface area contributed by atoms with Crippen LogP contribution >= 0.6 is 0 Å². The molecule has 0 saturated carbocycles. The van der Waals surface area contributed by atoms with Crippen molar-refractivity contribution >= 4 is 14.3 Å². The van der Waals surface area contributed by atoms with Crippen LogP contribution in [0, 0.1) is 5.92 Å². The van der Waals surface area contributed by atoms with Crippen molar-refractivity contribution in [1.82, 2.24) is 0 Å². The molecule has 0 aromatic heterocycles. The van der Waals surface area contributed by atoms with Gasteiger partial charge in [0, 0.05) is 6.42 Å². The van der Waals surface area contributed by atoms with Gasteiger partial charge in [-0.25, -0.2) is 0 Å². The van der Waals surface area contributed by atoms with Crippen molar-refractivity contribution in [2.24, 2.45) is 5.92 Å². The number of unbranched alkanes of at least 4 members (excludes halogenated alkanes) is 1. The summed E-state index contributed by atoms with van der Waals surface area (Å²) in [6.45, 7) is 10.9. The van der Waals surface area contributed by atoms with Crippen molar-refractivity contribution in [2.45, 2.75) is 78.4 Å². The molecule has 0 radical (unpaired) electrons. The molecule has 0 spiro atoms. The largest absolute Gasteiger partial charge is 0.519 e. The molecule has 102 valence electrons. The molecule has 2 nitrogen and oxygen atoms in total. The van der Waals surface area contributed by atoms with E-state index in [9.17, 15) is 4.79 Å². The van der Waals surface area contributed by atoms with Gasteiger partial charge in [-0.1, -0.05) is 47.5 Å². The predicted molar refractivity (Wildman–Crippen MR) is 76.6 cm³/mol. The van der Waals surface area contributed by atoms with E-state index in [1.165, 1.54) is 6.42 Å². The lowest BCUT2D eigenvalue weighted by molar-refractivity contribution is -0.135. The summed E-state index contributed by atoms with van der Waals surface area (Å²) in [5, 5.41) is 0. The molecule has 0 unspecified atom stereocenters. The van der Waals surface area contributed by atoms with Crippen LogP contribution in [0.2, 0.25) is 18.1 Å². The fraction of sp³-hybridized carbons (Fsp3) is 0.929. The summed E-state index contributed by atoms with van der Waals surface area (Å²) in [7, 11) is -1.71. The van der Waals surface area contributed by atoms with Crippen LogP contribution in [-0.2, 0) is 9.22 Å². The summed E-state index contributed by atoms with van der Waals surface area (Å²) >= 11 is 0. The molecule has 0 bridgehead atoms. The molecule has 0 saturated heterocycles.